The van der Waals surface area contributed by atoms with Gasteiger partial charge in [0.05, 0.1) is 0 Å². The van der Waals surface area contributed by atoms with Crippen LogP contribution in [-0.4, -0.2) is 60.1 Å². The van der Waals surface area contributed by atoms with E-state index in [4.69, 9.17) is 5.73 Å². The van der Waals surface area contributed by atoms with Crippen LogP contribution in [0.3, 0.4) is 0 Å². The average Bonchev–Trinajstić information content (AvgIpc) is 2.54. The summed E-state index contributed by atoms with van der Waals surface area (Å²) in [5.41, 5.74) is 7.57. The number of nitrogens with two attached hydrogens (primary N) is 1. The minimum atomic E-state index is 0.186. The van der Waals surface area contributed by atoms with Gasteiger partial charge in [0, 0.05) is 43.5 Å². The summed E-state index contributed by atoms with van der Waals surface area (Å²) >= 11 is 0. The number of hydrogen-bond acceptors (Lipinski definition) is 4. The van der Waals surface area contributed by atoms with Crippen molar-refractivity contribution in [3.05, 3.63) is 30.1 Å². The molecule has 3 aliphatic rings. The molecule has 0 aromatic carbocycles. The molecule has 3 saturated heterocycles. The first-order chi connectivity index (χ1) is 9.74. The summed E-state index contributed by atoms with van der Waals surface area (Å²) in [4.78, 5) is 9.52. The van der Waals surface area contributed by atoms with Crippen LogP contribution in [0, 0.1) is 5.92 Å². The number of piperidine rings is 3. The lowest BCUT2D eigenvalue weighted by atomic mass is 9.71. The second kappa shape index (κ2) is 5.80. The zero-order chi connectivity index (χ0) is 14.0. The Bertz CT molecular complexity index is 427. The van der Waals surface area contributed by atoms with E-state index in [1.165, 1.54) is 31.6 Å². The van der Waals surface area contributed by atoms with Gasteiger partial charge in [0.15, 0.2) is 0 Å². The molecule has 4 rings (SSSR count). The smallest absolute Gasteiger partial charge is 0.0484 e. The molecule has 1 unspecified atom stereocenters. The average molecular weight is 274 g/mol. The lowest BCUT2D eigenvalue weighted by molar-refractivity contribution is -0.0556. The summed E-state index contributed by atoms with van der Waals surface area (Å²) in [6.45, 7) is 5.49. The van der Waals surface area contributed by atoms with Crippen molar-refractivity contribution in [3.8, 4) is 0 Å². The van der Waals surface area contributed by atoms with Crippen LogP contribution in [0.5, 0.6) is 0 Å². The van der Waals surface area contributed by atoms with Crippen molar-refractivity contribution in [2.45, 2.75) is 24.8 Å². The first-order valence-corrected chi connectivity index (χ1v) is 7.78. The van der Waals surface area contributed by atoms with Crippen LogP contribution >= 0.6 is 0 Å². The van der Waals surface area contributed by atoms with Crippen LogP contribution < -0.4 is 5.73 Å². The van der Waals surface area contributed by atoms with E-state index in [0.29, 0.717) is 0 Å². The van der Waals surface area contributed by atoms with E-state index in [2.05, 4.69) is 34.0 Å². The standard InChI is InChI=1S/C16H26N4/c1-19(9-7-15-4-2-3-8-18-15)16(12-17)13-20-10-5-14(16)6-11-20/h2-4,8,14H,5-7,9-13,17H2,1H3. The molecule has 0 amide bonds. The third-order valence-electron chi connectivity index (χ3n) is 5.39. The van der Waals surface area contributed by atoms with E-state index in [-0.39, 0.29) is 5.54 Å². The van der Waals surface area contributed by atoms with Crippen molar-refractivity contribution in [1.29, 1.82) is 0 Å². The van der Waals surface area contributed by atoms with Gasteiger partial charge in [-0.25, -0.2) is 0 Å². The molecule has 1 atom stereocenters. The highest BCUT2D eigenvalue weighted by atomic mass is 15.3. The molecular weight excluding hydrogens is 248 g/mol. The van der Waals surface area contributed by atoms with Gasteiger partial charge in [-0.3, -0.25) is 9.88 Å². The molecule has 0 saturated carbocycles. The molecule has 3 aliphatic heterocycles. The number of pyridine rings is 1. The molecular formula is C16H26N4. The third-order valence-corrected chi connectivity index (χ3v) is 5.39. The van der Waals surface area contributed by atoms with Gasteiger partial charge in [0.25, 0.3) is 0 Å². The quantitative estimate of drug-likeness (QED) is 0.869. The number of fused-ring (bicyclic) bond motifs is 3. The maximum atomic E-state index is 6.21. The van der Waals surface area contributed by atoms with Crippen LogP contribution in [0.2, 0.25) is 0 Å². The molecule has 1 aromatic rings. The van der Waals surface area contributed by atoms with Crippen molar-refractivity contribution in [2.24, 2.45) is 11.7 Å². The summed E-state index contributed by atoms with van der Waals surface area (Å²) in [6, 6.07) is 6.15. The van der Waals surface area contributed by atoms with E-state index in [9.17, 15) is 0 Å². The van der Waals surface area contributed by atoms with Gasteiger partial charge in [-0.05, 0) is 51.0 Å². The zero-order valence-electron chi connectivity index (χ0n) is 12.5. The summed E-state index contributed by atoms with van der Waals surface area (Å²) < 4.78 is 0. The molecule has 4 heterocycles. The van der Waals surface area contributed by atoms with Gasteiger partial charge < -0.3 is 10.6 Å². The van der Waals surface area contributed by atoms with E-state index in [1.807, 2.05) is 12.3 Å². The molecule has 2 N–H and O–H groups in total. The fourth-order valence-electron chi connectivity index (χ4n) is 4.02. The minimum absolute atomic E-state index is 0.186. The first-order valence-electron chi connectivity index (χ1n) is 7.78. The number of nitrogens with zero attached hydrogens (tertiary/aromatic N) is 3. The Hall–Kier alpha value is -0.970. The zero-order valence-corrected chi connectivity index (χ0v) is 12.5. The number of hydrogen-bond donors (Lipinski definition) is 1. The fourth-order valence-corrected chi connectivity index (χ4v) is 4.02. The molecule has 0 aliphatic carbocycles. The molecule has 1 aromatic heterocycles. The molecule has 3 fully saturated rings. The Morgan fingerprint density at radius 2 is 2.20 bits per heavy atom. The lowest BCUT2D eigenvalue weighted by Gasteiger charge is -2.57. The van der Waals surface area contributed by atoms with Crippen molar-refractivity contribution in [2.75, 3.05) is 39.8 Å². The van der Waals surface area contributed by atoms with E-state index in [0.717, 1.165) is 32.0 Å². The van der Waals surface area contributed by atoms with Crippen LogP contribution in [0.1, 0.15) is 18.5 Å². The predicted octanol–water partition coefficient (Wildman–Crippen LogP) is 0.979. The normalized spacial score (nSPS) is 32.8. The monoisotopic (exact) mass is 274 g/mol. The Morgan fingerprint density at radius 3 is 2.75 bits per heavy atom. The van der Waals surface area contributed by atoms with Crippen LogP contribution in [0.15, 0.2) is 24.4 Å². The second-order valence-electron chi connectivity index (χ2n) is 6.35. The number of aromatic nitrogens is 1. The Labute approximate surface area is 122 Å². The SMILES string of the molecule is CN(CCc1ccccn1)C1(CN)CN2CCC1CC2. The molecule has 110 valence electrons. The van der Waals surface area contributed by atoms with Crippen molar-refractivity contribution < 1.29 is 0 Å². The topological polar surface area (TPSA) is 45.4 Å². The first kappa shape index (κ1) is 14.0. The van der Waals surface area contributed by atoms with E-state index < -0.39 is 0 Å². The maximum Gasteiger partial charge on any atom is 0.0484 e. The van der Waals surface area contributed by atoms with Gasteiger partial charge >= 0.3 is 0 Å². The molecule has 2 bridgehead atoms. The highest BCUT2D eigenvalue weighted by Crippen LogP contribution is 2.38. The minimum Gasteiger partial charge on any atom is -0.329 e. The lowest BCUT2D eigenvalue weighted by Crippen LogP contribution is -2.69. The predicted molar refractivity (Wildman–Crippen MR) is 81.5 cm³/mol. The number of likely N-dealkylation sites (N-methyl/N-ethyl adjacent to an activating group) is 1. The molecule has 0 spiro atoms. The highest BCUT2D eigenvalue weighted by molar-refractivity contribution is 5.07. The molecule has 0 radical (unpaired) electrons. The molecule has 4 nitrogen and oxygen atoms in total. The summed E-state index contributed by atoms with van der Waals surface area (Å²) in [5.74, 6) is 0.770. The fraction of sp³-hybridized carbons (Fsp3) is 0.688. The Kier molecular flexibility index (Phi) is 4.06. The third kappa shape index (κ3) is 2.48. The highest BCUT2D eigenvalue weighted by Gasteiger charge is 2.47. The molecule has 4 heteroatoms. The van der Waals surface area contributed by atoms with Gasteiger partial charge in [-0.2, -0.15) is 0 Å². The van der Waals surface area contributed by atoms with Crippen LogP contribution in [-0.2, 0) is 6.42 Å². The van der Waals surface area contributed by atoms with Crippen molar-refractivity contribution in [1.82, 2.24) is 14.8 Å². The maximum absolute atomic E-state index is 6.21. The van der Waals surface area contributed by atoms with Gasteiger partial charge in [0.2, 0.25) is 0 Å². The second-order valence-corrected chi connectivity index (χ2v) is 6.35. The largest absolute Gasteiger partial charge is 0.329 e. The van der Waals surface area contributed by atoms with Crippen LogP contribution in [0.4, 0.5) is 0 Å². The van der Waals surface area contributed by atoms with Crippen molar-refractivity contribution >= 4 is 0 Å². The van der Waals surface area contributed by atoms with E-state index >= 15 is 0 Å². The van der Waals surface area contributed by atoms with Gasteiger partial charge in [-0.15, -0.1) is 0 Å². The van der Waals surface area contributed by atoms with Gasteiger partial charge in [-0.1, -0.05) is 6.07 Å². The molecule has 20 heavy (non-hydrogen) atoms. The van der Waals surface area contributed by atoms with E-state index in [1.54, 1.807) is 0 Å². The Balaban J connectivity index is 1.67. The summed E-state index contributed by atoms with van der Waals surface area (Å²) in [5, 5.41) is 0. The Morgan fingerprint density at radius 1 is 1.40 bits per heavy atom. The number of rotatable bonds is 5. The van der Waals surface area contributed by atoms with Gasteiger partial charge in [0.1, 0.15) is 0 Å². The van der Waals surface area contributed by atoms with Crippen LogP contribution in [0.25, 0.3) is 0 Å². The summed E-state index contributed by atoms with van der Waals surface area (Å²) in [6.07, 6.45) is 5.50. The van der Waals surface area contributed by atoms with Crippen molar-refractivity contribution in [3.63, 3.8) is 0 Å². The summed E-state index contributed by atoms with van der Waals surface area (Å²) in [7, 11) is 2.25.